The van der Waals surface area contributed by atoms with E-state index in [9.17, 15) is 0 Å². The van der Waals surface area contributed by atoms with E-state index in [1.165, 1.54) is 5.56 Å². The summed E-state index contributed by atoms with van der Waals surface area (Å²) in [6.45, 7) is 2.07. The average molecular weight is 354 g/mol. The lowest BCUT2D eigenvalue weighted by Gasteiger charge is -2.07. The highest BCUT2D eigenvalue weighted by atomic mass is 79.9. The first kappa shape index (κ1) is 12.9. The Morgan fingerprint density at radius 1 is 1.26 bits per heavy atom. The number of hydrogen-bond acceptors (Lipinski definition) is 3. The van der Waals surface area contributed by atoms with Crippen molar-refractivity contribution in [3.05, 3.63) is 51.5 Å². The summed E-state index contributed by atoms with van der Waals surface area (Å²) >= 11 is 11.1. The maximum Gasteiger partial charge on any atom is 0.188 e. The number of hydrogen-bond donors (Lipinski definition) is 1. The van der Waals surface area contributed by atoms with Gasteiger partial charge in [-0.2, -0.15) is 0 Å². The summed E-state index contributed by atoms with van der Waals surface area (Å²) in [5, 5.41) is 4.94. The normalized spacial score (nSPS) is 10.9. The molecule has 19 heavy (non-hydrogen) atoms. The van der Waals surface area contributed by atoms with Crippen molar-refractivity contribution < 1.29 is 0 Å². The molecule has 5 heteroatoms. The van der Waals surface area contributed by atoms with Crippen LogP contribution in [0.3, 0.4) is 0 Å². The number of halogens is 2. The third-order valence-electron chi connectivity index (χ3n) is 2.86. The van der Waals surface area contributed by atoms with Crippen molar-refractivity contribution in [2.75, 3.05) is 5.32 Å². The quantitative estimate of drug-likeness (QED) is 0.633. The molecule has 0 unspecified atom stereocenters. The first-order chi connectivity index (χ1) is 9.13. The van der Waals surface area contributed by atoms with Crippen LogP contribution in [0.5, 0.6) is 0 Å². The molecule has 0 saturated carbocycles. The van der Waals surface area contributed by atoms with Gasteiger partial charge < -0.3 is 5.32 Å². The van der Waals surface area contributed by atoms with E-state index in [-0.39, 0.29) is 0 Å². The third-order valence-corrected chi connectivity index (χ3v) is 4.90. The lowest BCUT2D eigenvalue weighted by molar-refractivity contribution is 1.38. The number of anilines is 2. The van der Waals surface area contributed by atoms with Crippen LogP contribution in [-0.4, -0.2) is 4.98 Å². The zero-order valence-corrected chi connectivity index (χ0v) is 13.2. The lowest BCUT2D eigenvalue weighted by atomic mass is 10.2. The van der Waals surface area contributed by atoms with Gasteiger partial charge in [-0.05, 0) is 42.8 Å². The van der Waals surface area contributed by atoms with Gasteiger partial charge in [0.25, 0.3) is 0 Å². The number of benzene rings is 2. The predicted octanol–water partition coefficient (Wildman–Crippen LogP) is 5.76. The summed E-state index contributed by atoms with van der Waals surface area (Å²) in [5.41, 5.74) is 3.15. The molecule has 0 bridgehead atoms. The van der Waals surface area contributed by atoms with Crippen LogP contribution in [0.25, 0.3) is 10.2 Å². The number of nitrogens with zero attached hydrogens (tertiary/aromatic N) is 1. The van der Waals surface area contributed by atoms with Crippen LogP contribution in [0.2, 0.25) is 5.02 Å². The molecule has 1 N–H and O–H groups in total. The fraction of sp³-hybridized carbons (Fsp3) is 0.0714. The topological polar surface area (TPSA) is 24.9 Å². The van der Waals surface area contributed by atoms with E-state index in [1.807, 2.05) is 36.4 Å². The molecule has 0 radical (unpaired) electrons. The molecule has 0 saturated heterocycles. The average Bonchev–Trinajstić information content (AvgIpc) is 2.76. The Morgan fingerprint density at radius 3 is 2.95 bits per heavy atom. The van der Waals surface area contributed by atoms with Crippen molar-refractivity contribution >= 4 is 59.9 Å². The fourth-order valence-electron chi connectivity index (χ4n) is 1.81. The smallest absolute Gasteiger partial charge is 0.188 e. The Morgan fingerprint density at radius 2 is 2.11 bits per heavy atom. The van der Waals surface area contributed by atoms with Crippen LogP contribution in [0, 0.1) is 6.92 Å². The van der Waals surface area contributed by atoms with E-state index < -0.39 is 0 Å². The molecule has 0 aliphatic heterocycles. The molecule has 0 amide bonds. The second kappa shape index (κ2) is 5.12. The van der Waals surface area contributed by atoms with Crippen LogP contribution in [0.15, 0.2) is 40.9 Å². The molecule has 3 aromatic rings. The Bertz CT molecular complexity index is 754. The molecule has 2 aromatic carbocycles. The standard InChI is InChI=1S/C14H10BrClN2S/c1-8-10(15)3-2-4-11(8)17-14-18-12-7-9(16)5-6-13(12)19-14/h2-7H,1H3,(H,17,18). The van der Waals surface area contributed by atoms with Gasteiger partial charge in [0, 0.05) is 15.2 Å². The molecule has 0 spiro atoms. The van der Waals surface area contributed by atoms with Crippen LogP contribution in [-0.2, 0) is 0 Å². The minimum atomic E-state index is 0.711. The largest absolute Gasteiger partial charge is 0.331 e. The highest BCUT2D eigenvalue weighted by Crippen LogP contribution is 2.32. The Balaban J connectivity index is 1.99. The number of nitrogens with one attached hydrogen (secondary N) is 1. The van der Waals surface area contributed by atoms with Gasteiger partial charge in [-0.25, -0.2) is 4.98 Å². The summed E-state index contributed by atoms with van der Waals surface area (Å²) in [5.74, 6) is 0. The Hall–Kier alpha value is -1.10. The van der Waals surface area contributed by atoms with Crippen molar-refractivity contribution in [3.8, 4) is 0 Å². The molecule has 0 fully saturated rings. The van der Waals surface area contributed by atoms with Crippen LogP contribution in [0.1, 0.15) is 5.56 Å². The second-order valence-electron chi connectivity index (χ2n) is 4.17. The predicted molar refractivity (Wildman–Crippen MR) is 86.8 cm³/mol. The fourth-order valence-corrected chi connectivity index (χ4v) is 3.20. The van der Waals surface area contributed by atoms with Crippen LogP contribution in [0.4, 0.5) is 10.8 Å². The Kier molecular flexibility index (Phi) is 3.48. The summed E-state index contributed by atoms with van der Waals surface area (Å²) < 4.78 is 2.21. The molecular formula is C14H10BrClN2S. The van der Waals surface area contributed by atoms with E-state index in [0.717, 1.165) is 25.5 Å². The van der Waals surface area contributed by atoms with Crippen molar-refractivity contribution in [3.63, 3.8) is 0 Å². The SMILES string of the molecule is Cc1c(Br)cccc1Nc1nc2cc(Cl)ccc2s1. The first-order valence-electron chi connectivity index (χ1n) is 5.72. The summed E-state index contributed by atoms with van der Waals surface area (Å²) in [7, 11) is 0. The minimum absolute atomic E-state index is 0.711. The molecule has 1 heterocycles. The molecular weight excluding hydrogens is 344 g/mol. The van der Waals surface area contributed by atoms with Gasteiger partial charge in [0.05, 0.1) is 10.2 Å². The molecule has 96 valence electrons. The zero-order valence-electron chi connectivity index (χ0n) is 10.1. The monoisotopic (exact) mass is 352 g/mol. The second-order valence-corrected chi connectivity index (χ2v) is 6.49. The van der Waals surface area contributed by atoms with Crippen LogP contribution < -0.4 is 5.32 Å². The van der Waals surface area contributed by atoms with E-state index in [0.29, 0.717) is 5.02 Å². The highest BCUT2D eigenvalue weighted by molar-refractivity contribution is 9.10. The van der Waals surface area contributed by atoms with Crippen molar-refractivity contribution in [1.29, 1.82) is 0 Å². The van der Waals surface area contributed by atoms with Crippen molar-refractivity contribution in [2.24, 2.45) is 0 Å². The summed E-state index contributed by atoms with van der Waals surface area (Å²) in [6.07, 6.45) is 0. The van der Waals surface area contributed by atoms with E-state index in [2.05, 4.69) is 33.2 Å². The number of aromatic nitrogens is 1. The van der Waals surface area contributed by atoms with Gasteiger partial charge in [-0.1, -0.05) is 44.9 Å². The molecule has 1 aromatic heterocycles. The summed E-state index contributed by atoms with van der Waals surface area (Å²) in [6, 6.07) is 11.8. The van der Waals surface area contributed by atoms with Gasteiger partial charge in [0.2, 0.25) is 0 Å². The molecule has 3 rings (SSSR count). The number of fused-ring (bicyclic) bond motifs is 1. The molecule has 0 aliphatic rings. The van der Waals surface area contributed by atoms with Crippen molar-refractivity contribution in [2.45, 2.75) is 6.92 Å². The molecule has 2 nitrogen and oxygen atoms in total. The Labute approximate surface area is 128 Å². The van der Waals surface area contributed by atoms with E-state index in [1.54, 1.807) is 11.3 Å². The number of rotatable bonds is 2. The summed E-state index contributed by atoms with van der Waals surface area (Å²) in [4.78, 5) is 4.55. The minimum Gasteiger partial charge on any atom is -0.331 e. The molecule has 0 atom stereocenters. The van der Waals surface area contributed by atoms with Gasteiger partial charge in [-0.3, -0.25) is 0 Å². The van der Waals surface area contributed by atoms with Gasteiger partial charge in [0.1, 0.15) is 0 Å². The molecule has 0 aliphatic carbocycles. The lowest BCUT2D eigenvalue weighted by Crippen LogP contribution is -1.92. The zero-order chi connectivity index (χ0) is 13.4. The first-order valence-corrected chi connectivity index (χ1v) is 7.70. The van der Waals surface area contributed by atoms with Gasteiger partial charge >= 0.3 is 0 Å². The van der Waals surface area contributed by atoms with Gasteiger partial charge in [0.15, 0.2) is 5.13 Å². The highest BCUT2D eigenvalue weighted by Gasteiger charge is 2.07. The van der Waals surface area contributed by atoms with Crippen LogP contribution >= 0.6 is 38.9 Å². The maximum absolute atomic E-state index is 5.97. The van der Waals surface area contributed by atoms with Crippen molar-refractivity contribution in [1.82, 2.24) is 4.98 Å². The number of thiazole rings is 1. The maximum atomic E-state index is 5.97. The van der Waals surface area contributed by atoms with E-state index in [4.69, 9.17) is 11.6 Å². The van der Waals surface area contributed by atoms with Gasteiger partial charge in [-0.15, -0.1) is 0 Å². The third kappa shape index (κ3) is 2.61. The van der Waals surface area contributed by atoms with E-state index >= 15 is 0 Å².